The number of anilines is 4. The van der Waals surface area contributed by atoms with Crippen molar-refractivity contribution in [2.45, 2.75) is 59.7 Å². The number of ether oxygens (including phenoxy) is 2. The Hall–Kier alpha value is -5.16. The maximum absolute atomic E-state index is 7.21. The fourth-order valence-corrected chi connectivity index (χ4v) is 8.82. The average Bonchev–Trinajstić information content (AvgIpc) is 3.70. The molecule has 0 amide bonds. The number of aryl methyl sites for hydroxylation is 5. The predicted octanol–water partition coefficient (Wildman–Crippen LogP) is 10.1. The summed E-state index contributed by atoms with van der Waals surface area (Å²) in [5.74, 6) is 1.94. The van der Waals surface area contributed by atoms with E-state index in [0.717, 1.165) is 36.0 Å². The molecule has 2 atom stereocenters. The van der Waals surface area contributed by atoms with Gasteiger partial charge >= 0.3 is 0 Å². The van der Waals surface area contributed by atoms with E-state index >= 15 is 0 Å². The number of nitrogens with zero attached hydrogens (tertiary/aromatic N) is 2. The highest BCUT2D eigenvalue weighted by molar-refractivity contribution is 6.89. The second kappa shape index (κ2) is 11.0. The second-order valence-electron chi connectivity index (χ2n) is 13.9. The summed E-state index contributed by atoms with van der Waals surface area (Å²) in [6.07, 6.45) is 1.54. The number of hydrogen-bond donors (Lipinski definition) is 0. The highest BCUT2D eigenvalue weighted by Gasteiger charge is 2.53. The Morgan fingerprint density at radius 1 is 0.521 bits per heavy atom. The molecule has 9 rings (SSSR count). The Bertz CT molecular complexity index is 1980. The lowest BCUT2D eigenvalue weighted by molar-refractivity contribution is 0.142. The van der Waals surface area contributed by atoms with Gasteiger partial charge in [-0.3, -0.25) is 9.80 Å². The molecular weight excluding hydrogens is 587 g/mol. The van der Waals surface area contributed by atoms with Crippen molar-refractivity contribution in [1.29, 1.82) is 0 Å². The van der Waals surface area contributed by atoms with Gasteiger partial charge in [0.15, 0.2) is 11.8 Å². The molecule has 0 saturated heterocycles. The molecule has 0 spiro atoms. The van der Waals surface area contributed by atoms with Gasteiger partial charge in [-0.15, -0.1) is 0 Å². The van der Waals surface area contributed by atoms with Gasteiger partial charge in [0.2, 0.25) is 0 Å². The van der Waals surface area contributed by atoms with Crippen LogP contribution in [0, 0.1) is 34.6 Å². The van der Waals surface area contributed by atoms with Crippen LogP contribution in [0.15, 0.2) is 132 Å². The average molecular weight is 627 g/mol. The number of fused-ring (bicyclic) bond motifs is 2. The molecule has 0 bridgehead atoms. The van der Waals surface area contributed by atoms with E-state index in [-0.39, 0.29) is 18.9 Å². The first kappa shape index (κ1) is 29.0. The van der Waals surface area contributed by atoms with Crippen LogP contribution in [0.2, 0.25) is 0 Å². The molecule has 4 aliphatic rings. The molecule has 2 unspecified atom stereocenters. The Morgan fingerprint density at radius 2 is 0.917 bits per heavy atom. The van der Waals surface area contributed by atoms with Crippen LogP contribution in [0.4, 0.5) is 22.7 Å². The quantitative estimate of drug-likeness (QED) is 0.185. The van der Waals surface area contributed by atoms with Crippen molar-refractivity contribution in [2.24, 2.45) is 0 Å². The van der Waals surface area contributed by atoms with E-state index in [1.54, 1.807) is 0 Å². The molecule has 48 heavy (non-hydrogen) atoms. The minimum Gasteiger partial charge on any atom is -0.471 e. The SMILES string of the molecule is Cc1cc2c3c(c1)N(c1ccccc1)C1=C(CC(c4c(C)cccc4C)O1)B3C1=C(OC(c3c(C)cccc3C)C1)N2c1ccccc1. The highest BCUT2D eigenvalue weighted by Crippen LogP contribution is 2.55. The topological polar surface area (TPSA) is 24.9 Å². The van der Waals surface area contributed by atoms with E-state index in [1.165, 1.54) is 66.7 Å². The maximum Gasteiger partial charge on any atom is 0.251 e. The van der Waals surface area contributed by atoms with E-state index in [4.69, 9.17) is 9.47 Å². The van der Waals surface area contributed by atoms with Gasteiger partial charge in [0.05, 0.1) is 0 Å². The molecule has 0 saturated carbocycles. The lowest BCUT2D eigenvalue weighted by Crippen LogP contribution is -2.49. The van der Waals surface area contributed by atoms with Crippen molar-refractivity contribution >= 4 is 34.9 Å². The molecule has 5 aromatic carbocycles. The Morgan fingerprint density at radius 3 is 1.31 bits per heavy atom. The smallest absolute Gasteiger partial charge is 0.251 e. The third-order valence-electron chi connectivity index (χ3n) is 10.8. The molecule has 4 heterocycles. The molecular formula is C43H39BN2O2. The van der Waals surface area contributed by atoms with Gasteiger partial charge in [0, 0.05) is 35.6 Å². The Balaban J connectivity index is 1.29. The fourth-order valence-electron chi connectivity index (χ4n) is 8.82. The Labute approximate surface area is 284 Å². The first-order valence-corrected chi connectivity index (χ1v) is 17.2. The third-order valence-corrected chi connectivity index (χ3v) is 10.8. The Kier molecular flexibility index (Phi) is 6.62. The van der Waals surface area contributed by atoms with Gasteiger partial charge in [-0.25, -0.2) is 0 Å². The summed E-state index contributed by atoms with van der Waals surface area (Å²) in [4.78, 5) is 4.78. The van der Waals surface area contributed by atoms with Crippen molar-refractivity contribution < 1.29 is 9.47 Å². The van der Waals surface area contributed by atoms with Crippen molar-refractivity contribution in [3.63, 3.8) is 0 Å². The van der Waals surface area contributed by atoms with E-state index in [9.17, 15) is 0 Å². The van der Waals surface area contributed by atoms with E-state index in [2.05, 4.69) is 154 Å². The molecule has 0 fully saturated rings. The van der Waals surface area contributed by atoms with Crippen LogP contribution in [0.3, 0.4) is 0 Å². The molecule has 0 radical (unpaired) electrons. The van der Waals surface area contributed by atoms with E-state index in [0.29, 0.717) is 0 Å². The van der Waals surface area contributed by atoms with E-state index < -0.39 is 0 Å². The second-order valence-corrected chi connectivity index (χ2v) is 13.9. The zero-order valence-electron chi connectivity index (χ0n) is 28.2. The summed E-state index contributed by atoms with van der Waals surface area (Å²) in [5.41, 5.74) is 17.5. The number of hydrogen-bond acceptors (Lipinski definition) is 4. The first-order valence-electron chi connectivity index (χ1n) is 17.2. The molecule has 5 aromatic rings. The van der Waals surface area contributed by atoms with Gasteiger partial charge in [0.1, 0.15) is 12.2 Å². The predicted molar refractivity (Wildman–Crippen MR) is 196 cm³/mol. The van der Waals surface area contributed by atoms with Crippen LogP contribution in [0.25, 0.3) is 0 Å². The molecule has 4 nitrogen and oxygen atoms in total. The molecule has 0 N–H and O–H groups in total. The molecule has 236 valence electrons. The van der Waals surface area contributed by atoms with Crippen molar-refractivity contribution in [2.75, 3.05) is 9.80 Å². The summed E-state index contributed by atoms with van der Waals surface area (Å²) in [5, 5.41) is 0. The normalized spacial score (nSPS) is 19.2. The zero-order chi connectivity index (χ0) is 32.7. The largest absolute Gasteiger partial charge is 0.471 e. The number of para-hydroxylation sites is 2. The molecule has 4 aliphatic heterocycles. The minimum absolute atomic E-state index is 0.0594. The van der Waals surface area contributed by atoms with Gasteiger partial charge in [-0.1, -0.05) is 72.8 Å². The van der Waals surface area contributed by atoms with Crippen LogP contribution < -0.4 is 15.3 Å². The summed E-state index contributed by atoms with van der Waals surface area (Å²) in [7, 11) is 0. The maximum atomic E-state index is 7.21. The van der Waals surface area contributed by atoms with Crippen LogP contribution in [0.1, 0.15) is 64.0 Å². The molecule has 0 aliphatic carbocycles. The standard InChI is InChI=1S/C43H39BN2O2/c1-26-22-35-41-36(23-26)46(32-20-10-7-11-21-32)43-34(25-38(48-43)40-29(4)16-13-17-30(40)5)44(41)33-24-37(39-27(2)14-12-15-28(39)3)47-42(33)45(35)31-18-8-6-9-19-31/h6-23,37-38H,24-25H2,1-5H3. The zero-order valence-corrected chi connectivity index (χ0v) is 28.2. The van der Waals surface area contributed by atoms with Crippen LogP contribution in [0.5, 0.6) is 0 Å². The lowest BCUT2D eigenvalue weighted by atomic mass is 9.32. The monoisotopic (exact) mass is 626 g/mol. The van der Waals surface area contributed by atoms with Gasteiger partial charge in [0.25, 0.3) is 6.71 Å². The van der Waals surface area contributed by atoms with Gasteiger partial charge in [-0.05, 0) is 126 Å². The molecule has 5 heteroatoms. The van der Waals surface area contributed by atoms with Crippen molar-refractivity contribution in [1.82, 2.24) is 0 Å². The fraction of sp³-hybridized carbons (Fsp3) is 0.209. The third kappa shape index (κ3) is 4.30. The van der Waals surface area contributed by atoms with E-state index in [1.807, 2.05) is 0 Å². The van der Waals surface area contributed by atoms with Crippen LogP contribution in [-0.2, 0) is 9.47 Å². The van der Waals surface area contributed by atoms with Gasteiger partial charge < -0.3 is 9.47 Å². The summed E-state index contributed by atoms with van der Waals surface area (Å²) >= 11 is 0. The minimum atomic E-state index is -0.0609. The molecule has 0 aromatic heterocycles. The number of rotatable bonds is 4. The van der Waals surface area contributed by atoms with Crippen molar-refractivity contribution in [3.05, 3.63) is 171 Å². The summed E-state index contributed by atoms with van der Waals surface area (Å²) in [6, 6.07) is 39.3. The summed E-state index contributed by atoms with van der Waals surface area (Å²) in [6.45, 7) is 11.1. The highest BCUT2D eigenvalue weighted by atomic mass is 16.5. The number of benzene rings is 5. The summed E-state index contributed by atoms with van der Waals surface area (Å²) < 4.78 is 14.4. The van der Waals surface area contributed by atoms with Gasteiger partial charge in [-0.2, -0.15) is 0 Å². The first-order chi connectivity index (χ1) is 23.4. The van der Waals surface area contributed by atoms with Crippen LogP contribution >= 0.6 is 0 Å². The van der Waals surface area contributed by atoms with Crippen molar-refractivity contribution in [3.8, 4) is 0 Å². The van der Waals surface area contributed by atoms with Crippen LogP contribution in [-0.4, -0.2) is 6.71 Å². The lowest BCUT2D eigenvalue weighted by Gasteiger charge is -2.42.